The molecule has 0 aromatic carbocycles. The Labute approximate surface area is 153 Å². The second kappa shape index (κ2) is 12.3. The molecule has 0 aromatic rings. The Balaban J connectivity index is 2.40. The van der Waals surface area contributed by atoms with Gasteiger partial charge in [-0.2, -0.15) is 0 Å². The van der Waals surface area contributed by atoms with E-state index in [1.165, 1.54) is 25.7 Å². The van der Waals surface area contributed by atoms with Crippen molar-refractivity contribution < 1.29 is 19.4 Å². The number of ether oxygens (including phenoxy) is 1. The maximum atomic E-state index is 12.5. The third-order valence-electron chi connectivity index (χ3n) is 5.39. The van der Waals surface area contributed by atoms with Crippen molar-refractivity contribution in [2.75, 3.05) is 0 Å². The van der Waals surface area contributed by atoms with Crippen LogP contribution >= 0.6 is 0 Å². The van der Waals surface area contributed by atoms with E-state index < -0.39 is 5.97 Å². The third kappa shape index (κ3) is 9.27. The predicted molar refractivity (Wildman–Crippen MR) is 100 cm³/mol. The minimum atomic E-state index is -0.728. The average molecular weight is 355 g/mol. The number of carbonyl (C=O) groups excluding carboxylic acids is 1. The van der Waals surface area contributed by atoms with Crippen molar-refractivity contribution >= 4 is 11.9 Å². The number of rotatable bonds is 12. The second-order valence-corrected chi connectivity index (χ2v) is 8.12. The first kappa shape index (κ1) is 22.0. The van der Waals surface area contributed by atoms with E-state index in [0.717, 1.165) is 25.7 Å². The number of esters is 1. The monoisotopic (exact) mass is 354 g/mol. The highest BCUT2D eigenvalue weighted by Crippen LogP contribution is 2.30. The number of unbranched alkanes of at least 4 members (excludes halogenated alkanes) is 4. The Morgan fingerprint density at radius 1 is 0.920 bits per heavy atom. The Hall–Kier alpha value is -1.06. The molecule has 0 spiro atoms. The summed E-state index contributed by atoms with van der Waals surface area (Å²) in [5.41, 5.74) is 0. The second-order valence-electron chi connectivity index (χ2n) is 8.12. The zero-order valence-corrected chi connectivity index (χ0v) is 16.5. The maximum Gasteiger partial charge on any atom is 0.309 e. The van der Waals surface area contributed by atoms with Gasteiger partial charge in [-0.25, -0.2) is 0 Å². The molecule has 1 unspecified atom stereocenters. The van der Waals surface area contributed by atoms with Crippen molar-refractivity contribution in [3.63, 3.8) is 0 Å². The van der Waals surface area contributed by atoms with Crippen molar-refractivity contribution in [1.29, 1.82) is 0 Å². The maximum absolute atomic E-state index is 12.5. The van der Waals surface area contributed by atoms with Crippen LogP contribution in [0.5, 0.6) is 0 Å². The summed E-state index contributed by atoms with van der Waals surface area (Å²) < 4.78 is 5.86. The van der Waals surface area contributed by atoms with Gasteiger partial charge in [-0.05, 0) is 57.3 Å². The lowest BCUT2D eigenvalue weighted by atomic mass is 9.82. The van der Waals surface area contributed by atoms with Crippen LogP contribution in [0.1, 0.15) is 97.8 Å². The van der Waals surface area contributed by atoms with Crippen molar-refractivity contribution in [1.82, 2.24) is 0 Å². The van der Waals surface area contributed by atoms with E-state index in [9.17, 15) is 9.59 Å². The zero-order chi connectivity index (χ0) is 18.7. The molecule has 1 fully saturated rings. The molecule has 0 aliphatic heterocycles. The lowest BCUT2D eigenvalue weighted by Crippen LogP contribution is -2.30. The average Bonchev–Trinajstić information content (AvgIpc) is 2.59. The van der Waals surface area contributed by atoms with Crippen LogP contribution < -0.4 is 0 Å². The summed E-state index contributed by atoms with van der Waals surface area (Å²) in [5.74, 6) is -0.580. The number of carboxylic acid groups (broad SMARTS) is 1. The fourth-order valence-electron chi connectivity index (χ4n) is 3.59. The van der Waals surface area contributed by atoms with Crippen molar-refractivity contribution in [2.45, 2.75) is 104 Å². The van der Waals surface area contributed by atoms with Gasteiger partial charge < -0.3 is 9.84 Å². The Kier molecular flexibility index (Phi) is 10.8. The molecule has 1 N–H and O–H groups in total. The van der Waals surface area contributed by atoms with E-state index >= 15 is 0 Å². The van der Waals surface area contributed by atoms with E-state index in [-0.39, 0.29) is 23.9 Å². The summed E-state index contributed by atoms with van der Waals surface area (Å²) in [6.45, 7) is 6.62. The van der Waals surface area contributed by atoms with Gasteiger partial charge in [0.2, 0.25) is 0 Å². The fourth-order valence-corrected chi connectivity index (χ4v) is 3.59. The molecule has 0 radical (unpaired) electrons. The summed E-state index contributed by atoms with van der Waals surface area (Å²) in [5, 5.41) is 9.07. The molecule has 4 nitrogen and oxygen atoms in total. The topological polar surface area (TPSA) is 63.6 Å². The van der Waals surface area contributed by atoms with Crippen LogP contribution in [0.25, 0.3) is 0 Å². The number of carbonyl (C=O) groups is 2. The van der Waals surface area contributed by atoms with Crippen LogP contribution in [0.2, 0.25) is 0 Å². The van der Waals surface area contributed by atoms with Gasteiger partial charge in [0.1, 0.15) is 6.10 Å². The standard InChI is InChI=1S/C21H38O4/c1-4-5-6-7-8-9-19(15-10-16(2)3)25-21(24)18-13-11-17(12-14-18)20(22)23/h16-19H,4-15H2,1-3H3,(H,22,23). The van der Waals surface area contributed by atoms with Crippen molar-refractivity contribution in [3.8, 4) is 0 Å². The molecule has 1 saturated carbocycles. The molecule has 146 valence electrons. The molecule has 0 saturated heterocycles. The molecule has 4 heteroatoms. The van der Waals surface area contributed by atoms with E-state index in [0.29, 0.717) is 31.6 Å². The molecule has 1 atom stereocenters. The number of carboxylic acids is 1. The summed E-state index contributed by atoms with van der Waals surface area (Å²) in [6, 6.07) is 0. The minimum absolute atomic E-state index is 0.0359. The highest BCUT2D eigenvalue weighted by atomic mass is 16.5. The van der Waals surface area contributed by atoms with Gasteiger partial charge in [-0.1, -0.05) is 46.5 Å². The summed E-state index contributed by atoms with van der Waals surface area (Å²) in [4.78, 5) is 23.5. The molecule has 1 rings (SSSR count). The SMILES string of the molecule is CCCCCCCC(CCC(C)C)OC(=O)C1CCC(C(=O)O)CC1. The number of hydrogen-bond donors (Lipinski definition) is 1. The first-order chi connectivity index (χ1) is 11.9. The van der Waals surface area contributed by atoms with Crippen molar-refractivity contribution in [3.05, 3.63) is 0 Å². The van der Waals surface area contributed by atoms with Crippen LogP contribution in [0.4, 0.5) is 0 Å². The summed E-state index contributed by atoms with van der Waals surface area (Å²) in [6.07, 6.45) is 11.7. The van der Waals surface area contributed by atoms with E-state index in [1.54, 1.807) is 0 Å². The lowest BCUT2D eigenvalue weighted by Gasteiger charge is -2.27. The smallest absolute Gasteiger partial charge is 0.309 e. The summed E-state index contributed by atoms with van der Waals surface area (Å²) in [7, 11) is 0. The van der Waals surface area contributed by atoms with Gasteiger partial charge in [0.05, 0.1) is 11.8 Å². The molecule has 1 aliphatic rings. The Morgan fingerprint density at radius 2 is 1.52 bits per heavy atom. The fraction of sp³-hybridized carbons (Fsp3) is 0.905. The Bertz CT molecular complexity index is 383. The van der Waals surface area contributed by atoms with Crippen LogP contribution in [-0.4, -0.2) is 23.1 Å². The van der Waals surface area contributed by atoms with Gasteiger partial charge >= 0.3 is 11.9 Å². The molecule has 0 aromatic heterocycles. The number of aliphatic carboxylic acids is 1. The van der Waals surface area contributed by atoms with E-state index in [2.05, 4.69) is 20.8 Å². The minimum Gasteiger partial charge on any atom is -0.481 e. The summed E-state index contributed by atoms with van der Waals surface area (Å²) >= 11 is 0. The van der Waals surface area contributed by atoms with Gasteiger partial charge in [-0.3, -0.25) is 9.59 Å². The molecule has 0 heterocycles. The molecule has 0 bridgehead atoms. The van der Waals surface area contributed by atoms with Gasteiger partial charge in [0.15, 0.2) is 0 Å². The molecular formula is C21H38O4. The predicted octanol–water partition coefficient (Wildman–Crippen LogP) is 5.59. The van der Waals surface area contributed by atoms with Gasteiger partial charge in [0.25, 0.3) is 0 Å². The number of hydrogen-bond acceptors (Lipinski definition) is 3. The molecule has 25 heavy (non-hydrogen) atoms. The van der Waals surface area contributed by atoms with Crippen LogP contribution in [0.3, 0.4) is 0 Å². The van der Waals surface area contributed by atoms with Crippen LogP contribution in [0, 0.1) is 17.8 Å². The largest absolute Gasteiger partial charge is 0.481 e. The van der Waals surface area contributed by atoms with Crippen LogP contribution in [0.15, 0.2) is 0 Å². The Morgan fingerprint density at radius 3 is 2.08 bits per heavy atom. The van der Waals surface area contributed by atoms with Crippen molar-refractivity contribution in [2.24, 2.45) is 17.8 Å². The quantitative estimate of drug-likeness (QED) is 0.367. The molecule has 0 amide bonds. The zero-order valence-electron chi connectivity index (χ0n) is 16.5. The van der Waals surface area contributed by atoms with E-state index in [4.69, 9.17) is 9.84 Å². The van der Waals surface area contributed by atoms with E-state index in [1.807, 2.05) is 0 Å². The first-order valence-corrected chi connectivity index (χ1v) is 10.4. The third-order valence-corrected chi connectivity index (χ3v) is 5.39. The van der Waals surface area contributed by atoms with Crippen LogP contribution in [-0.2, 0) is 14.3 Å². The highest BCUT2D eigenvalue weighted by Gasteiger charge is 2.31. The highest BCUT2D eigenvalue weighted by molar-refractivity contribution is 5.74. The van der Waals surface area contributed by atoms with Gasteiger partial charge in [-0.15, -0.1) is 0 Å². The molecule has 1 aliphatic carbocycles. The first-order valence-electron chi connectivity index (χ1n) is 10.4. The lowest BCUT2D eigenvalue weighted by molar-refractivity contribution is -0.158. The van der Waals surface area contributed by atoms with Gasteiger partial charge in [0, 0.05) is 0 Å². The molecular weight excluding hydrogens is 316 g/mol. The normalized spacial score (nSPS) is 21.9.